The van der Waals surface area contributed by atoms with Gasteiger partial charge in [0.2, 0.25) is 5.91 Å². The Hall–Kier alpha value is -1.29. The van der Waals surface area contributed by atoms with Crippen LogP contribution in [0.1, 0.15) is 18.9 Å². The molecule has 1 unspecified atom stereocenters. The van der Waals surface area contributed by atoms with Gasteiger partial charge >= 0.3 is 0 Å². The van der Waals surface area contributed by atoms with Crippen molar-refractivity contribution in [1.29, 1.82) is 0 Å². The highest BCUT2D eigenvalue weighted by atomic mass is 16.2. The van der Waals surface area contributed by atoms with E-state index in [4.69, 9.17) is 0 Å². The normalized spacial score (nSPS) is 12.4. The lowest BCUT2D eigenvalue weighted by Gasteiger charge is -2.22. The Bertz CT molecular complexity index is 308. The summed E-state index contributed by atoms with van der Waals surface area (Å²) >= 11 is 0. The number of carbonyl (C=O) groups is 1. The molecule has 90 valence electrons. The van der Waals surface area contributed by atoms with Gasteiger partial charge in [-0.15, -0.1) is 0 Å². The molecule has 1 aromatic heterocycles. The maximum Gasteiger partial charge on any atom is 0.226 e. The molecule has 1 rings (SSSR count). The highest BCUT2D eigenvalue weighted by molar-refractivity contribution is 5.78. The SMILES string of the molecule is CCC(CNC)C(=O)N(C)Cc1cc[nH]c1. The molecule has 0 saturated heterocycles. The summed E-state index contributed by atoms with van der Waals surface area (Å²) in [7, 11) is 3.73. The second kappa shape index (κ2) is 6.33. The van der Waals surface area contributed by atoms with Gasteiger partial charge in [0, 0.05) is 32.5 Å². The molecule has 4 nitrogen and oxygen atoms in total. The van der Waals surface area contributed by atoms with E-state index in [2.05, 4.69) is 10.3 Å². The van der Waals surface area contributed by atoms with Gasteiger partial charge in [-0.05, 0) is 25.1 Å². The first-order valence-corrected chi connectivity index (χ1v) is 5.70. The van der Waals surface area contributed by atoms with E-state index in [1.54, 1.807) is 4.90 Å². The fourth-order valence-corrected chi connectivity index (χ4v) is 1.77. The first-order chi connectivity index (χ1) is 7.69. The van der Waals surface area contributed by atoms with Gasteiger partial charge in [0.25, 0.3) is 0 Å². The van der Waals surface area contributed by atoms with Crippen LogP contribution in [-0.4, -0.2) is 36.4 Å². The molecule has 0 aromatic carbocycles. The van der Waals surface area contributed by atoms with Crippen LogP contribution in [0.2, 0.25) is 0 Å². The highest BCUT2D eigenvalue weighted by Crippen LogP contribution is 2.09. The topological polar surface area (TPSA) is 48.1 Å². The standard InChI is InChI=1S/C12H21N3O/c1-4-11(8-13-2)12(16)15(3)9-10-5-6-14-7-10/h5-7,11,13-14H,4,8-9H2,1-3H3. The van der Waals surface area contributed by atoms with Crippen molar-refractivity contribution in [1.82, 2.24) is 15.2 Å². The van der Waals surface area contributed by atoms with Crippen molar-refractivity contribution in [2.75, 3.05) is 20.6 Å². The Kier molecular flexibility index (Phi) is 5.05. The minimum Gasteiger partial charge on any atom is -0.367 e. The minimum absolute atomic E-state index is 0.0777. The second-order valence-electron chi connectivity index (χ2n) is 4.08. The maximum atomic E-state index is 12.1. The number of aromatic amines is 1. The predicted molar refractivity (Wildman–Crippen MR) is 65.0 cm³/mol. The van der Waals surface area contributed by atoms with Crippen molar-refractivity contribution in [3.8, 4) is 0 Å². The largest absolute Gasteiger partial charge is 0.367 e. The van der Waals surface area contributed by atoms with E-state index in [0.29, 0.717) is 6.54 Å². The lowest BCUT2D eigenvalue weighted by Crippen LogP contribution is -2.36. The van der Waals surface area contributed by atoms with Crippen LogP contribution in [0, 0.1) is 5.92 Å². The number of hydrogen-bond donors (Lipinski definition) is 2. The van der Waals surface area contributed by atoms with Crippen LogP contribution in [0.3, 0.4) is 0 Å². The fraction of sp³-hybridized carbons (Fsp3) is 0.583. The summed E-state index contributed by atoms with van der Waals surface area (Å²) in [5.74, 6) is 0.284. The van der Waals surface area contributed by atoms with Crippen LogP contribution < -0.4 is 5.32 Å². The van der Waals surface area contributed by atoms with Crippen LogP contribution in [0.25, 0.3) is 0 Å². The van der Waals surface area contributed by atoms with Crippen LogP contribution >= 0.6 is 0 Å². The van der Waals surface area contributed by atoms with E-state index in [-0.39, 0.29) is 11.8 Å². The Balaban J connectivity index is 2.52. The molecule has 1 atom stereocenters. The molecule has 0 aliphatic rings. The van der Waals surface area contributed by atoms with Gasteiger partial charge in [-0.2, -0.15) is 0 Å². The van der Waals surface area contributed by atoms with Gasteiger partial charge in [-0.25, -0.2) is 0 Å². The van der Waals surface area contributed by atoms with E-state index < -0.39 is 0 Å². The van der Waals surface area contributed by atoms with Crippen LogP contribution in [0.15, 0.2) is 18.5 Å². The van der Waals surface area contributed by atoms with Crippen LogP contribution in [0.4, 0.5) is 0 Å². The summed E-state index contributed by atoms with van der Waals surface area (Å²) < 4.78 is 0. The Morgan fingerprint density at radius 2 is 2.38 bits per heavy atom. The second-order valence-corrected chi connectivity index (χ2v) is 4.08. The molecular formula is C12H21N3O. The van der Waals surface area contributed by atoms with Gasteiger partial charge < -0.3 is 15.2 Å². The van der Waals surface area contributed by atoms with Gasteiger partial charge in [0.1, 0.15) is 0 Å². The number of carbonyl (C=O) groups excluding carboxylic acids is 1. The van der Waals surface area contributed by atoms with Gasteiger partial charge in [0.05, 0.1) is 5.92 Å². The summed E-state index contributed by atoms with van der Waals surface area (Å²) in [6, 6.07) is 1.99. The third-order valence-electron chi connectivity index (χ3n) is 2.75. The molecule has 0 saturated carbocycles. The lowest BCUT2D eigenvalue weighted by atomic mass is 10.1. The Morgan fingerprint density at radius 1 is 1.62 bits per heavy atom. The molecule has 0 radical (unpaired) electrons. The third kappa shape index (κ3) is 3.38. The number of nitrogens with zero attached hydrogens (tertiary/aromatic N) is 1. The average Bonchev–Trinajstić information content (AvgIpc) is 2.77. The van der Waals surface area contributed by atoms with Crippen LogP contribution in [-0.2, 0) is 11.3 Å². The molecule has 1 amide bonds. The average molecular weight is 223 g/mol. The number of nitrogens with one attached hydrogen (secondary N) is 2. The summed E-state index contributed by atoms with van der Waals surface area (Å²) in [5.41, 5.74) is 1.13. The van der Waals surface area contributed by atoms with Crippen molar-refractivity contribution in [3.05, 3.63) is 24.0 Å². The molecule has 1 aromatic rings. The van der Waals surface area contributed by atoms with Crippen molar-refractivity contribution in [3.63, 3.8) is 0 Å². The van der Waals surface area contributed by atoms with E-state index in [0.717, 1.165) is 18.5 Å². The minimum atomic E-state index is 0.0777. The molecule has 16 heavy (non-hydrogen) atoms. The van der Waals surface area contributed by atoms with Gasteiger partial charge in [-0.3, -0.25) is 4.79 Å². The number of rotatable bonds is 6. The highest BCUT2D eigenvalue weighted by Gasteiger charge is 2.19. The number of hydrogen-bond acceptors (Lipinski definition) is 2. The number of H-pyrrole nitrogens is 1. The molecule has 2 N–H and O–H groups in total. The van der Waals surface area contributed by atoms with Crippen LogP contribution in [0.5, 0.6) is 0 Å². The van der Waals surface area contributed by atoms with Gasteiger partial charge in [0.15, 0.2) is 0 Å². The molecule has 0 spiro atoms. The monoisotopic (exact) mass is 223 g/mol. The molecule has 4 heteroatoms. The molecule has 0 fully saturated rings. The Labute approximate surface area is 97.0 Å². The predicted octanol–water partition coefficient (Wildman–Crippen LogP) is 1.22. The molecule has 0 aliphatic heterocycles. The summed E-state index contributed by atoms with van der Waals surface area (Å²) in [4.78, 5) is 16.8. The first-order valence-electron chi connectivity index (χ1n) is 5.70. The van der Waals surface area contributed by atoms with Crippen molar-refractivity contribution in [2.45, 2.75) is 19.9 Å². The van der Waals surface area contributed by atoms with Gasteiger partial charge in [-0.1, -0.05) is 6.92 Å². The van der Waals surface area contributed by atoms with E-state index in [1.165, 1.54) is 0 Å². The van der Waals surface area contributed by atoms with Crippen molar-refractivity contribution < 1.29 is 4.79 Å². The smallest absolute Gasteiger partial charge is 0.226 e. The first kappa shape index (κ1) is 12.8. The number of aromatic nitrogens is 1. The van der Waals surface area contributed by atoms with Crippen molar-refractivity contribution >= 4 is 5.91 Å². The lowest BCUT2D eigenvalue weighted by molar-refractivity contribution is -0.134. The van der Waals surface area contributed by atoms with Crippen molar-refractivity contribution in [2.24, 2.45) is 5.92 Å². The zero-order chi connectivity index (χ0) is 12.0. The maximum absolute atomic E-state index is 12.1. The summed E-state index contributed by atoms with van der Waals surface area (Å²) in [5, 5.41) is 3.06. The zero-order valence-electron chi connectivity index (χ0n) is 10.3. The van der Waals surface area contributed by atoms with E-state index in [1.807, 2.05) is 39.5 Å². The van der Waals surface area contributed by atoms with E-state index in [9.17, 15) is 4.79 Å². The van der Waals surface area contributed by atoms with E-state index >= 15 is 0 Å². The fourth-order valence-electron chi connectivity index (χ4n) is 1.77. The summed E-state index contributed by atoms with van der Waals surface area (Å²) in [6.07, 6.45) is 4.67. The molecule has 1 heterocycles. The molecule has 0 bridgehead atoms. The third-order valence-corrected chi connectivity index (χ3v) is 2.75. The summed E-state index contributed by atoms with van der Waals surface area (Å²) in [6.45, 7) is 3.46. The Morgan fingerprint density at radius 3 is 2.88 bits per heavy atom. The number of amides is 1. The molecule has 0 aliphatic carbocycles. The molecular weight excluding hydrogens is 202 g/mol. The quantitative estimate of drug-likeness (QED) is 0.761. The zero-order valence-corrected chi connectivity index (χ0v) is 10.3.